The van der Waals surface area contributed by atoms with Crippen LogP contribution in [0.25, 0.3) is 0 Å². The van der Waals surface area contributed by atoms with Crippen LogP contribution in [0.5, 0.6) is 0 Å². The number of aliphatic carboxylic acids is 1. The minimum Gasteiger partial charge on any atom is -0.481 e. The molecule has 0 rings (SSSR count). The molecule has 2 nitrogen and oxygen atoms in total. The number of unbranched alkanes of at least 4 members (excludes halogenated alkanes) is 9. The molecule has 1 unspecified atom stereocenters. The standard InChI is InChI=1S/C19H36O2/c1-3-4-5-6-7-8-9-10-11-12-13-14-15-16-18(2)17-19(20)21/h10-11,18H,3-9,12-17H2,1-2H3,(H,20,21). The highest BCUT2D eigenvalue weighted by atomic mass is 16.4. The van der Waals surface area contributed by atoms with Crippen molar-refractivity contribution in [2.24, 2.45) is 5.92 Å². The molecule has 0 saturated carbocycles. The van der Waals surface area contributed by atoms with Crippen LogP contribution >= 0.6 is 0 Å². The molecule has 0 spiro atoms. The van der Waals surface area contributed by atoms with Crippen molar-refractivity contribution >= 4 is 5.97 Å². The smallest absolute Gasteiger partial charge is 0.303 e. The van der Waals surface area contributed by atoms with Crippen molar-refractivity contribution in [2.45, 2.75) is 97.3 Å². The summed E-state index contributed by atoms with van der Waals surface area (Å²) in [6.07, 6.45) is 20.3. The third-order valence-electron chi connectivity index (χ3n) is 3.98. The topological polar surface area (TPSA) is 37.3 Å². The molecular weight excluding hydrogens is 260 g/mol. The Morgan fingerprint density at radius 1 is 0.905 bits per heavy atom. The van der Waals surface area contributed by atoms with Gasteiger partial charge in [0.1, 0.15) is 0 Å². The second kappa shape index (κ2) is 15.6. The second-order valence-electron chi connectivity index (χ2n) is 6.37. The first-order valence-electron chi connectivity index (χ1n) is 9.03. The number of carboxylic acid groups (broad SMARTS) is 1. The molecule has 124 valence electrons. The highest BCUT2D eigenvalue weighted by Crippen LogP contribution is 2.14. The Balaban J connectivity index is 3.20. The molecular formula is C19H36O2. The molecule has 0 aromatic heterocycles. The van der Waals surface area contributed by atoms with Gasteiger partial charge in [-0.25, -0.2) is 0 Å². The Bertz CT molecular complexity index is 258. The lowest BCUT2D eigenvalue weighted by molar-refractivity contribution is -0.138. The normalized spacial score (nSPS) is 12.9. The summed E-state index contributed by atoms with van der Waals surface area (Å²) in [5.41, 5.74) is 0. The van der Waals surface area contributed by atoms with Gasteiger partial charge >= 0.3 is 5.97 Å². The molecule has 1 atom stereocenters. The van der Waals surface area contributed by atoms with Gasteiger partial charge < -0.3 is 5.11 Å². The fourth-order valence-corrected chi connectivity index (χ4v) is 2.61. The van der Waals surface area contributed by atoms with Crippen molar-refractivity contribution in [1.29, 1.82) is 0 Å². The molecule has 0 heterocycles. The van der Waals surface area contributed by atoms with Crippen molar-refractivity contribution in [3.63, 3.8) is 0 Å². The summed E-state index contributed by atoms with van der Waals surface area (Å²) in [4.78, 5) is 10.5. The van der Waals surface area contributed by atoms with E-state index >= 15 is 0 Å². The first kappa shape index (κ1) is 20.2. The van der Waals surface area contributed by atoms with Crippen LogP contribution in [-0.4, -0.2) is 11.1 Å². The highest BCUT2D eigenvalue weighted by Gasteiger charge is 2.06. The van der Waals surface area contributed by atoms with E-state index < -0.39 is 5.97 Å². The molecule has 0 amide bonds. The van der Waals surface area contributed by atoms with Gasteiger partial charge in [-0.3, -0.25) is 4.79 Å². The number of hydrogen-bond acceptors (Lipinski definition) is 1. The van der Waals surface area contributed by atoms with Gasteiger partial charge in [0.15, 0.2) is 0 Å². The molecule has 0 aromatic carbocycles. The predicted octanol–water partition coefficient (Wildman–Crippen LogP) is 6.35. The number of allylic oxidation sites excluding steroid dienone is 2. The number of rotatable bonds is 15. The minimum absolute atomic E-state index is 0.318. The summed E-state index contributed by atoms with van der Waals surface area (Å²) in [5, 5.41) is 8.68. The van der Waals surface area contributed by atoms with E-state index in [2.05, 4.69) is 19.1 Å². The summed E-state index contributed by atoms with van der Waals surface area (Å²) in [6, 6.07) is 0. The molecule has 0 aliphatic heterocycles. The summed E-state index contributed by atoms with van der Waals surface area (Å²) < 4.78 is 0. The first-order valence-corrected chi connectivity index (χ1v) is 9.03. The lowest BCUT2D eigenvalue weighted by Crippen LogP contribution is -2.03. The Hall–Kier alpha value is -0.790. The van der Waals surface area contributed by atoms with Gasteiger partial charge in [-0.05, 0) is 31.6 Å². The molecule has 0 aliphatic rings. The molecule has 2 heteroatoms. The lowest BCUT2D eigenvalue weighted by atomic mass is 9.99. The van der Waals surface area contributed by atoms with Crippen LogP contribution in [-0.2, 0) is 4.79 Å². The number of hydrogen-bond donors (Lipinski definition) is 1. The van der Waals surface area contributed by atoms with Crippen LogP contribution in [0.15, 0.2) is 12.2 Å². The van der Waals surface area contributed by atoms with Crippen molar-refractivity contribution in [3.8, 4) is 0 Å². The van der Waals surface area contributed by atoms with Gasteiger partial charge in [-0.1, -0.05) is 77.4 Å². The zero-order chi connectivity index (χ0) is 15.8. The second-order valence-corrected chi connectivity index (χ2v) is 6.37. The average molecular weight is 296 g/mol. The summed E-state index contributed by atoms with van der Waals surface area (Å²) in [5.74, 6) is -0.342. The zero-order valence-electron chi connectivity index (χ0n) is 14.3. The predicted molar refractivity (Wildman–Crippen MR) is 91.6 cm³/mol. The monoisotopic (exact) mass is 296 g/mol. The average Bonchev–Trinajstić information content (AvgIpc) is 2.43. The fourth-order valence-electron chi connectivity index (χ4n) is 2.61. The van der Waals surface area contributed by atoms with Crippen LogP contribution in [0.2, 0.25) is 0 Å². The fraction of sp³-hybridized carbons (Fsp3) is 0.842. The maximum absolute atomic E-state index is 10.5. The van der Waals surface area contributed by atoms with Gasteiger partial charge in [-0.15, -0.1) is 0 Å². The van der Waals surface area contributed by atoms with Crippen LogP contribution in [0.3, 0.4) is 0 Å². The summed E-state index contributed by atoms with van der Waals surface area (Å²) >= 11 is 0. The van der Waals surface area contributed by atoms with E-state index in [1.54, 1.807) is 0 Å². The maximum Gasteiger partial charge on any atom is 0.303 e. The van der Waals surface area contributed by atoms with Gasteiger partial charge in [0.2, 0.25) is 0 Å². The molecule has 0 bridgehead atoms. The van der Waals surface area contributed by atoms with Crippen LogP contribution in [0, 0.1) is 5.92 Å². The minimum atomic E-state index is -0.667. The van der Waals surface area contributed by atoms with E-state index in [1.165, 1.54) is 70.6 Å². The number of carbonyl (C=O) groups is 1. The van der Waals surface area contributed by atoms with Gasteiger partial charge in [0, 0.05) is 6.42 Å². The molecule has 1 N–H and O–H groups in total. The summed E-state index contributed by atoms with van der Waals surface area (Å²) in [7, 11) is 0. The molecule has 21 heavy (non-hydrogen) atoms. The van der Waals surface area contributed by atoms with E-state index in [4.69, 9.17) is 5.11 Å². The largest absolute Gasteiger partial charge is 0.481 e. The molecule has 0 fully saturated rings. The van der Waals surface area contributed by atoms with Crippen LogP contribution in [0.1, 0.15) is 97.3 Å². The van der Waals surface area contributed by atoms with E-state index in [-0.39, 0.29) is 0 Å². The third kappa shape index (κ3) is 17.2. The van der Waals surface area contributed by atoms with Crippen molar-refractivity contribution in [2.75, 3.05) is 0 Å². The quantitative estimate of drug-likeness (QED) is 0.282. The van der Waals surface area contributed by atoms with Gasteiger partial charge in [0.25, 0.3) is 0 Å². The molecule has 0 radical (unpaired) electrons. The van der Waals surface area contributed by atoms with E-state index in [1.807, 2.05) is 6.92 Å². The van der Waals surface area contributed by atoms with Crippen molar-refractivity contribution < 1.29 is 9.90 Å². The number of carboxylic acids is 1. The zero-order valence-corrected chi connectivity index (χ0v) is 14.3. The maximum atomic E-state index is 10.5. The Morgan fingerprint density at radius 3 is 2.00 bits per heavy atom. The first-order chi connectivity index (χ1) is 10.2. The Kier molecular flexibility index (Phi) is 15.0. The van der Waals surface area contributed by atoms with Gasteiger partial charge in [0.05, 0.1) is 0 Å². The van der Waals surface area contributed by atoms with Crippen LogP contribution < -0.4 is 0 Å². The van der Waals surface area contributed by atoms with E-state index in [9.17, 15) is 4.79 Å². The van der Waals surface area contributed by atoms with Gasteiger partial charge in [-0.2, -0.15) is 0 Å². The van der Waals surface area contributed by atoms with E-state index in [0.29, 0.717) is 12.3 Å². The molecule has 0 aromatic rings. The third-order valence-corrected chi connectivity index (χ3v) is 3.98. The Labute approximate surface area is 132 Å². The molecule has 0 saturated heterocycles. The van der Waals surface area contributed by atoms with Crippen LogP contribution in [0.4, 0.5) is 0 Å². The Morgan fingerprint density at radius 2 is 1.43 bits per heavy atom. The summed E-state index contributed by atoms with van der Waals surface area (Å²) in [6.45, 7) is 4.30. The highest BCUT2D eigenvalue weighted by molar-refractivity contribution is 5.66. The van der Waals surface area contributed by atoms with Crippen molar-refractivity contribution in [1.82, 2.24) is 0 Å². The molecule has 0 aliphatic carbocycles. The van der Waals surface area contributed by atoms with Crippen molar-refractivity contribution in [3.05, 3.63) is 12.2 Å². The van der Waals surface area contributed by atoms with E-state index in [0.717, 1.165) is 6.42 Å². The SMILES string of the molecule is CCCCCCCCC=CCCCCCC(C)CC(=O)O. The lowest BCUT2D eigenvalue weighted by Gasteiger charge is -2.07.